The number of urea groups is 1. The van der Waals surface area contributed by atoms with E-state index in [1.165, 1.54) is 12.5 Å². The van der Waals surface area contributed by atoms with Crippen molar-refractivity contribution in [3.8, 4) is 0 Å². The fraction of sp³-hybridized carbons (Fsp3) is 0.583. The van der Waals surface area contributed by atoms with Gasteiger partial charge in [0.2, 0.25) is 0 Å². The highest BCUT2D eigenvalue weighted by Crippen LogP contribution is 1.98. The second-order valence-corrected chi connectivity index (χ2v) is 4.73. The van der Waals surface area contributed by atoms with Crippen LogP contribution in [0.1, 0.15) is 12.1 Å². The van der Waals surface area contributed by atoms with Crippen molar-refractivity contribution in [2.45, 2.75) is 18.9 Å². The van der Waals surface area contributed by atoms with Crippen LogP contribution in [0, 0.1) is 0 Å². The van der Waals surface area contributed by atoms with Gasteiger partial charge in [0, 0.05) is 24.9 Å². The van der Waals surface area contributed by atoms with Gasteiger partial charge in [-0.2, -0.15) is 0 Å². The summed E-state index contributed by atoms with van der Waals surface area (Å²) in [5, 5.41) is 14.2. The van der Waals surface area contributed by atoms with E-state index in [4.69, 9.17) is 5.11 Å². The van der Waals surface area contributed by atoms with Gasteiger partial charge in [-0.15, -0.1) is 0 Å². The number of imidazole rings is 1. The number of carbonyl (C=O) groups is 2. The molecule has 2 amide bonds. The minimum absolute atomic E-state index is 0.167. The third kappa shape index (κ3) is 6.19. The summed E-state index contributed by atoms with van der Waals surface area (Å²) in [6.07, 6.45) is 3.97. The summed E-state index contributed by atoms with van der Waals surface area (Å²) in [6.45, 7) is 1.36. The summed E-state index contributed by atoms with van der Waals surface area (Å²) >= 11 is 0. The zero-order chi connectivity index (χ0) is 15.0. The van der Waals surface area contributed by atoms with Crippen molar-refractivity contribution < 1.29 is 14.7 Å². The van der Waals surface area contributed by atoms with E-state index >= 15 is 0 Å². The maximum atomic E-state index is 11.6. The Hall–Kier alpha value is -2.09. The minimum atomic E-state index is -1.08. The lowest BCUT2D eigenvalue weighted by atomic mass is 10.2. The summed E-state index contributed by atoms with van der Waals surface area (Å²) in [5.74, 6) is -1.08. The molecule has 0 fully saturated rings. The molecule has 1 aromatic rings. The molecular formula is C12H21N5O3. The van der Waals surface area contributed by atoms with Gasteiger partial charge in [0.05, 0.1) is 6.33 Å². The average molecular weight is 283 g/mol. The van der Waals surface area contributed by atoms with Gasteiger partial charge in [0.15, 0.2) is 0 Å². The molecule has 0 aliphatic heterocycles. The molecule has 1 aromatic heterocycles. The third-order valence-electron chi connectivity index (χ3n) is 2.65. The van der Waals surface area contributed by atoms with Crippen LogP contribution in [0.3, 0.4) is 0 Å². The second kappa shape index (κ2) is 8.16. The maximum Gasteiger partial charge on any atom is 0.326 e. The van der Waals surface area contributed by atoms with Gasteiger partial charge in [-0.05, 0) is 27.1 Å². The molecular weight excluding hydrogens is 262 g/mol. The van der Waals surface area contributed by atoms with Crippen LogP contribution in [0.15, 0.2) is 12.5 Å². The number of hydrogen-bond acceptors (Lipinski definition) is 4. The standard InChI is InChI=1S/C12H21N5O3/c1-17(2)5-3-4-14-12(20)16-10(11(18)19)6-9-7-13-8-15-9/h7-8,10H,3-6H2,1-2H3,(H,13,15)(H,18,19)(H2,14,16,20)/t10-/m0/s1. The molecule has 0 aliphatic rings. The molecule has 112 valence electrons. The van der Waals surface area contributed by atoms with E-state index < -0.39 is 18.0 Å². The Kier molecular flexibility index (Phi) is 6.51. The lowest BCUT2D eigenvalue weighted by Gasteiger charge is -2.15. The first-order valence-corrected chi connectivity index (χ1v) is 6.38. The lowest BCUT2D eigenvalue weighted by molar-refractivity contribution is -0.139. The first kappa shape index (κ1) is 16.0. The maximum absolute atomic E-state index is 11.6. The number of hydrogen-bond donors (Lipinski definition) is 4. The Bertz CT molecular complexity index is 419. The lowest BCUT2D eigenvalue weighted by Crippen LogP contribution is -2.47. The Morgan fingerprint density at radius 3 is 2.80 bits per heavy atom. The van der Waals surface area contributed by atoms with Gasteiger partial charge in [-0.25, -0.2) is 14.6 Å². The molecule has 1 atom stereocenters. The Balaban J connectivity index is 2.34. The average Bonchev–Trinajstić information content (AvgIpc) is 2.86. The zero-order valence-electron chi connectivity index (χ0n) is 11.7. The van der Waals surface area contributed by atoms with Crippen molar-refractivity contribution in [1.29, 1.82) is 0 Å². The first-order valence-electron chi connectivity index (χ1n) is 6.38. The fourth-order valence-corrected chi connectivity index (χ4v) is 1.62. The van der Waals surface area contributed by atoms with Crippen molar-refractivity contribution in [1.82, 2.24) is 25.5 Å². The molecule has 1 rings (SSSR count). The van der Waals surface area contributed by atoms with Gasteiger partial charge >= 0.3 is 12.0 Å². The molecule has 8 heteroatoms. The van der Waals surface area contributed by atoms with E-state index in [-0.39, 0.29) is 6.42 Å². The van der Waals surface area contributed by atoms with Crippen molar-refractivity contribution >= 4 is 12.0 Å². The number of nitrogens with zero attached hydrogens (tertiary/aromatic N) is 2. The Morgan fingerprint density at radius 1 is 1.50 bits per heavy atom. The number of aromatic nitrogens is 2. The number of carboxylic acid groups (broad SMARTS) is 1. The summed E-state index contributed by atoms with van der Waals surface area (Å²) < 4.78 is 0. The highest BCUT2D eigenvalue weighted by atomic mass is 16.4. The number of carboxylic acids is 1. The second-order valence-electron chi connectivity index (χ2n) is 4.73. The molecule has 0 aliphatic carbocycles. The molecule has 0 saturated heterocycles. The smallest absolute Gasteiger partial charge is 0.326 e. The highest BCUT2D eigenvalue weighted by Gasteiger charge is 2.20. The minimum Gasteiger partial charge on any atom is -0.480 e. The highest BCUT2D eigenvalue weighted by molar-refractivity contribution is 5.82. The normalized spacial score (nSPS) is 12.2. The van der Waals surface area contributed by atoms with E-state index in [0.29, 0.717) is 12.2 Å². The quantitative estimate of drug-likeness (QED) is 0.488. The van der Waals surface area contributed by atoms with Crippen LogP contribution in [-0.4, -0.2) is 65.2 Å². The number of rotatable bonds is 8. The zero-order valence-corrected chi connectivity index (χ0v) is 11.7. The van der Waals surface area contributed by atoms with E-state index in [9.17, 15) is 9.59 Å². The topological polar surface area (TPSA) is 110 Å². The number of carbonyl (C=O) groups excluding carboxylic acids is 1. The Labute approximate surface area is 117 Å². The van der Waals surface area contributed by atoms with Crippen molar-refractivity contribution in [3.63, 3.8) is 0 Å². The molecule has 20 heavy (non-hydrogen) atoms. The first-order chi connectivity index (χ1) is 9.49. The van der Waals surface area contributed by atoms with Gasteiger partial charge < -0.3 is 25.6 Å². The SMILES string of the molecule is CN(C)CCCNC(=O)N[C@@H](Cc1cnc[nH]1)C(=O)O. The van der Waals surface area contributed by atoms with Gasteiger partial charge in [-0.1, -0.05) is 0 Å². The van der Waals surface area contributed by atoms with E-state index in [1.54, 1.807) is 0 Å². The van der Waals surface area contributed by atoms with Gasteiger partial charge in [0.1, 0.15) is 6.04 Å². The predicted octanol–water partition coefficient (Wildman–Crippen LogP) is -0.344. The fourth-order valence-electron chi connectivity index (χ4n) is 1.62. The summed E-state index contributed by atoms with van der Waals surface area (Å²) in [7, 11) is 3.90. The van der Waals surface area contributed by atoms with Gasteiger partial charge in [-0.3, -0.25) is 0 Å². The van der Waals surface area contributed by atoms with Crippen molar-refractivity contribution in [3.05, 3.63) is 18.2 Å². The number of nitrogens with one attached hydrogen (secondary N) is 3. The molecule has 8 nitrogen and oxygen atoms in total. The number of H-pyrrole nitrogens is 1. The molecule has 4 N–H and O–H groups in total. The van der Waals surface area contributed by atoms with E-state index in [0.717, 1.165) is 13.0 Å². The molecule has 0 bridgehead atoms. The summed E-state index contributed by atoms with van der Waals surface area (Å²) in [6, 6.07) is -1.46. The number of aromatic amines is 1. The van der Waals surface area contributed by atoms with E-state index in [1.807, 2.05) is 19.0 Å². The summed E-state index contributed by atoms with van der Waals surface area (Å²) in [5.41, 5.74) is 0.658. The third-order valence-corrected chi connectivity index (χ3v) is 2.65. The van der Waals surface area contributed by atoms with E-state index in [2.05, 4.69) is 20.6 Å². The molecule has 0 spiro atoms. The number of amides is 2. The predicted molar refractivity (Wildman–Crippen MR) is 73.4 cm³/mol. The van der Waals surface area contributed by atoms with Crippen molar-refractivity contribution in [2.75, 3.05) is 27.2 Å². The van der Waals surface area contributed by atoms with Crippen LogP contribution in [0.2, 0.25) is 0 Å². The number of aliphatic carboxylic acids is 1. The van der Waals surface area contributed by atoms with Crippen LogP contribution in [0.5, 0.6) is 0 Å². The largest absolute Gasteiger partial charge is 0.480 e. The van der Waals surface area contributed by atoms with Gasteiger partial charge in [0.25, 0.3) is 0 Å². The molecule has 0 unspecified atom stereocenters. The van der Waals surface area contributed by atoms with Crippen molar-refractivity contribution in [2.24, 2.45) is 0 Å². The monoisotopic (exact) mass is 283 g/mol. The molecule has 0 aromatic carbocycles. The van der Waals surface area contributed by atoms with Crippen LogP contribution >= 0.6 is 0 Å². The molecule has 0 saturated carbocycles. The molecule has 0 radical (unpaired) electrons. The van der Waals surface area contributed by atoms with Crippen LogP contribution in [0.25, 0.3) is 0 Å². The Morgan fingerprint density at radius 2 is 2.25 bits per heavy atom. The molecule has 1 heterocycles. The summed E-state index contributed by atoms with van der Waals surface area (Å²) in [4.78, 5) is 31.3. The van der Waals surface area contributed by atoms with Crippen LogP contribution in [-0.2, 0) is 11.2 Å². The van der Waals surface area contributed by atoms with Crippen LogP contribution < -0.4 is 10.6 Å². The van der Waals surface area contributed by atoms with Crippen LogP contribution in [0.4, 0.5) is 4.79 Å².